The van der Waals surface area contributed by atoms with Crippen LogP contribution in [0.1, 0.15) is 20.3 Å². The van der Waals surface area contributed by atoms with Crippen molar-refractivity contribution in [2.45, 2.75) is 32.9 Å². The predicted molar refractivity (Wildman–Crippen MR) is 77.2 cm³/mol. The van der Waals surface area contributed by atoms with Crippen molar-refractivity contribution >= 4 is 29.3 Å². The second-order valence-electron chi connectivity index (χ2n) is 4.64. The lowest BCUT2D eigenvalue weighted by atomic mass is 10.3. The van der Waals surface area contributed by atoms with E-state index in [1.54, 1.807) is 4.57 Å². The fourth-order valence-corrected chi connectivity index (χ4v) is 2.19. The first-order valence-corrected chi connectivity index (χ1v) is 6.70. The van der Waals surface area contributed by atoms with E-state index in [1.807, 2.05) is 13.8 Å². The summed E-state index contributed by atoms with van der Waals surface area (Å²) < 4.78 is 7.42. The Hall–Kier alpha value is -1.96. The lowest BCUT2D eigenvalue weighted by Gasteiger charge is -2.08. The van der Waals surface area contributed by atoms with Gasteiger partial charge in [-0.05, 0) is 26.1 Å². The van der Waals surface area contributed by atoms with Crippen LogP contribution in [0.3, 0.4) is 0 Å². The monoisotopic (exact) mass is 295 g/mol. The third kappa shape index (κ3) is 2.96. The van der Waals surface area contributed by atoms with Crippen molar-refractivity contribution in [2.24, 2.45) is 0 Å². The molecule has 2 heterocycles. The lowest BCUT2D eigenvalue weighted by Crippen LogP contribution is -2.30. The summed E-state index contributed by atoms with van der Waals surface area (Å²) in [6.45, 7) is 4.30. The van der Waals surface area contributed by atoms with Crippen LogP contribution < -0.4 is 10.1 Å². The molecule has 1 amide bonds. The highest BCUT2D eigenvalue weighted by Crippen LogP contribution is 2.20. The van der Waals surface area contributed by atoms with Crippen LogP contribution in [0, 0.1) is 4.77 Å². The number of hydrogen-bond acceptors (Lipinski definition) is 5. The number of nitrogens with one attached hydrogen (secondary N) is 2. The highest BCUT2D eigenvalue weighted by atomic mass is 32.1. The summed E-state index contributed by atoms with van der Waals surface area (Å²) in [6, 6.07) is 0.126. The van der Waals surface area contributed by atoms with E-state index in [2.05, 4.69) is 20.3 Å². The molecule has 0 spiro atoms. The van der Waals surface area contributed by atoms with Crippen LogP contribution in [-0.2, 0) is 11.3 Å². The average Bonchev–Trinajstić information content (AvgIpc) is 2.71. The molecule has 0 saturated carbocycles. The smallest absolute Gasteiger partial charge is 0.242 e. The van der Waals surface area contributed by atoms with Gasteiger partial charge in [0.25, 0.3) is 0 Å². The Morgan fingerprint density at radius 1 is 1.55 bits per heavy atom. The number of H-pyrrole nitrogens is 1. The summed E-state index contributed by atoms with van der Waals surface area (Å²) in [5.41, 5.74) is 1.28. The van der Waals surface area contributed by atoms with E-state index >= 15 is 0 Å². The van der Waals surface area contributed by atoms with Crippen molar-refractivity contribution in [3.05, 3.63) is 11.1 Å². The van der Waals surface area contributed by atoms with Crippen LogP contribution in [0.2, 0.25) is 0 Å². The normalized spacial score (nSPS) is 11.0. The number of hydrogen-bond donors (Lipinski definition) is 2. The molecule has 108 valence electrons. The standard InChI is InChI=1S/C12H17N5O2S/c1-7(2)15-8(18)4-5-17-10-9(16-12(17)20)11(19-3)14-6-13-10/h6-7H,4-5H2,1-3H3,(H,15,18)(H,16,20). The molecule has 20 heavy (non-hydrogen) atoms. The van der Waals surface area contributed by atoms with Crippen molar-refractivity contribution in [3.63, 3.8) is 0 Å². The van der Waals surface area contributed by atoms with E-state index in [1.165, 1.54) is 13.4 Å². The third-order valence-corrected chi connectivity index (χ3v) is 3.05. The van der Waals surface area contributed by atoms with E-state index in [-0.39, 0.29) is 11.9 Å². The minimum Gasteiger partial charge on any atom is -0.479 e. The van der Waals surface area contributed by atoms with Crippen molar-refractivity contribution in [3.8, 4) is 5.88 Å². The lowest BCUT2D eigenvalue weighted by molar-refractivity contribution is -0.121. The number of aryl methyl sites for hydroxylation is 1. The van der Waals surface area contributed by atoms with Gasteiger partial charge in [0.2, 0.25) is 11.8 Å². The largest absolute Gasteiger partial charge is 0.479 e. The van der Waals surface area contributed by atoms with Crippen LogP contribution in [0.5, 0.6) is 5.88 Å². The number of rotatable bonds is 5. The summed E-state index contributed by atoms with van der Waals surface area (Å²) in [7, 11) is 1.53. The molecule has 2 aromatic heterocycles. The maximum Gasteiger partial charge on any atom is 0.242 e. The Morgan fingerprint density at radius 3 is 2.95 bits per heavy atom. The van der Waals surface area contributed by atoms with Crippen molar-refractivity contribution in [1.82, 2.24) is 24.8 Å². The zero-order valence-electron chi connectivity index (χ0n) is 11.6. The van der Waals surface area contributed by atoms with Gasteiger partial charge in [0.05, 0.1) is 7.11 Å². The Morgan fingerprint density at radius 2 is 2.30 bits per heavy atom. The average molecular weight is 295 g/mol. The number of imidazole rings is 1. The first kappa shape index (κ1) is 14.4. The van der Waals surface area contributed by atoms with Gasteiger partial charge < -0.3 is 19.6 Å². The maximum absolute atomic E-state index is 11.7. The molecule has 0 aliphatic rings. The molecule has 0 bridgehead atoms. The third-order valence-electron chi connectivity index (χ3n) is 2.73. The molecular weight excluding hydrogens is 278 g/mol. The van der Waals surface area contributed by atoms with Crippen LogP contribution in [0.4, 0.5) is 0 Å². The first-order valence-electron chi connectivity index (χ1n) is 6.29. The fourth-order valence-electron chi connectivity index (χ4n) is 1.92. The molecule has 7 nitrogen and oxygen atoms in total. The molecular formula is C12H17N5O2S. The minimum absolute atomic E-state index is 0.0164. The molecule has 0 aromatic carbocycles. The van der Waals surface area contributed by atoms with Gasteiger partial charge in [-0.15, -0.1) is 0 Å². The molecule has 0 aliphatic carbocycles. The van der Waals surface area contributed by atoms with Crippen LogP contribution in [-0.4, -0.2) is 38.6 Å². The Balaban J connectivity index is 2.25. The van der Waals surface area contributed by atoms with Crippen molar-refractivity contribution in [2.75, 3.05) is 7.11 Å². The van der Waals surface area contributed by atoms with E-state index in [0.29, 0.717) is 34.8 Å². The Labute approximate surface area is 121 Å². The quantitative estimate of drug-likeness (QED) is 0.815. The first-order chi connectivity index (χ1) is 9.52. The van der Waals surface area contributed by atoms with E-state index in [4.69, 9.17) is 17.0 Å². The molecule has 8 heteroatoms. The number of fused-ring (bicyclic) bond motifs is 1. The number of carbonyl (C=O) groups is 1. The molecule has 0 aliphatic heterocycles. The van der Waals surface area contributed by atoms with Crippen LogP contribution in [0.25, 0.3) is 11.2 Å². The Bertz CT molecular complexity index is 676. The Kier molecular flexibility index (Phi) is 4.33. The van der Waals surface area contributed by atoms with Gasteiger partial charge in [-0.3, -0.25) is 4.79 Å². The summed E-state index contributed by atoms with van der Waals surface area (Å²) >= 11 is 5.25. The number of carbonyl (C=O) groups excluding carboxylic acids is 1. The molecule has 0 unspecified atom stereocenters. The topological polar surface area (TPSA) is 84.8 Å². The van der Waals surface area contributed by atoms with Gasteiger partial charge in [0, 0.05) is 19.0 Å². The zero-order valence-corrected chi connectivity index (χ0v) is 12.5. The number of methoxy groups -OCH3 is 1. The van der Waals surface area contributed by atoms with E-state index in [0.717, 1.165) is 0 Å². The number of aromatic nitrogens is 4. The maximum atomic E-state index is 11.7. The second kappa shape index (κ2) is 6.00. The second-order valence-corrected chi connectivity index (χ2v) is 5.02. The van der Waals surface area contributed by atoms with Crippen LogP contribution >= 0.6 is 12.2 Å². The molecule has 2 N–H and O–H groups in total. The highest BCUT2D eigenvalue weighted by molar-refractivity contribution is 7.71. The summed E-state index contributed by atoms with van der Waals surface area (Å²) in [5.74, 6) is 0.420. The number of amides is 1. The van der Waals surface area contributed by atoms with Crippen LogP contribution in [0.15, 0.2) is 6.33 Å². The van der Waals surface area contributed by atoms with Gasteiger partial charge in [0.15, 0.2) is 10.4 Å². The molecule has 2 rings (SSSR count). The molecule has 0 saturated heterocycles. The molecule has 0 fully saturated rings. The van der Waals surface area contributed by atoms with Gasteiger partial charge in [-0.1, -0.05) is 0 Å². The van der Waals surface area contributed by atoms with Gasteiger partial charge in [-0.25, -0.2) is 4.98 Å². The molecule has 0 atom stereocenters. The zero-order chi connectivity index (χ0) is 14.7. The van der Waals surface area contributed by atoms with E-state index < -0.39 is 0 Å². The van der Waals surface area contributed by atoms with Gasteiger partial charge in [0.1, 0.15) is 11.8 Å². The SMILES string of the molecule is COc1ncnc2c1[nH]c(=S)n2CCC(=O)NC(C)C. The summed E-state index contributed by atoms with van der Waals surface area (Å²) in [6.07, 6.45) is 1.75. The van der Waals surface area contributed by atoms with E-state index in [9.17, 15) is 4.79 Å². The minimum atomic E-state index is -0.0164. The summed E-state index contributed by atoms with van der Waals surface area (Å²) in [5, 5.41) is 2.84. The molecule has 2 aromatic rings. The van der Waals surface area contributed by atoms with Gasteiger partial charge in [-0.2, -0.15) is 4.98 Å². The van der Waals surface area contributed by atoms with Crippen molar-refractivity contribution < 1.29 is 9.53 Å². The fraction of sp³-hybridized carbons (Fsp3) is 0.500. The predicted octanol–water partition coefficient (Wildman–Crippen LogP) is 1.41. The van der Waals surface area contributed by atoms with Gasteiger partial charge >= 0.3 is 0 Å². The molecule has 0 radical (unpaired) electrons. The highest BCUT2D eigenvalue weighted by Gasteiger charge is 2.12. The van der Waals surface area contributed by atoms with Crippen molar-refractivity contribution in [1.29, 1.82) is 0 Å². The number of aromatic amines is 1. The number of nitrogens with zero attached hydrogens (tertiary/aromatic N) is 3. The summed E-state index contributed by atoms with van der Waals surface area (Å²) in [4.78, 5) is 22.9. The number of ether oxygens (including phenoxy) is 1.